The summed E-state index contributed by atoms with van der Waals surface area (Å²) in [4.78, 5) is 0. The van der Waals surface area contributed by atoms with Crippen LogP contribution in [0, 0.1) is 23.2 Å². The molecule has 2 aromatic carbocycles. The van der Waals surface area contributed by atoms with Gasteiger partial charge in [0.25, 0.3) is 0 Å². The smallest absolute Gasteiger partial charge is 0.124 e. The van der Waals surface area contributed by atoms with Gasteiger partial charge < -0.3 is 10.1 Å². The van der Waals surface area contributed by atoms with Crippen LogP contribution in [0.25, 0.3) is 0 Å². The molecule has 4 saturated carbocycles. The number of ether oxygens (including phenoxy) is 1. The zero-order valence-electron chi connectivity index (χ0n) is 17.7. The first-order chi connectivity index (χ1) is 14.5. The van der Waals surface area contributed by atoms with Crippen molar-refractivity contribution in [2.45, 2.75) is 64.6 Å². The van der Waals surface area contributed by atoms with Gasteiger partial charge in [0.05, 0.1) is 0 Å². The first kappa shape index (κ1) is 20.7. The van der Waals surface area contributed by atoms with Crippen molar-refractivity contribution in [3.8, 4) is 5.75 Å². The van der Waals surface area contributed by atoms with Gasteiger partial charge in [0.15, 0.2) is 0 Å². The molecule has 4 bridgehead atoms. The highest BCUT2D eigenvalue weighted by Gasteiger charge is 2.52. The van der Waals surface area contributed by atoms with E-state index in [1.54, 1.807) is 0 Å². The number of hydrogen-bond donors (Lipinski definition) is 1. The average Bonchev–Trinajstić information content (AvgIpc) is 2.70. The first-order valence-corrected chi connectivity index (χ1v) is 12.1. The van der Waals surface area contributed by atoms with Gasteiger partial charge in [-0.25, -0.2) is 0 Å². The molecule has 4 heteroatoms. The molecule has 0 spiro atoms. The maximum atomic E-state index is 6.33. The van der Waals surface area contributed by atoms with Crippen LogP contribution in [0.5, 0.6) is 5.75 Å². The normalized spacial score (nSPS) is 30.4. The number of halogens is 2. The topological polar surface area (TPSA) is 21.3 Å². The summed E-state index contributed by atoms with van der Waals surface area (Å²) in [7, 11) is 0. The summed E-state index contributed by atoms with van der Waals surface area (Å²) in [5.41, 5.74) is 2.69. The summed E-state index contributed by atoms with van der Waals surface area (Å²) in [6.07, 6.45) is 8.72. The van der Waals surface area contributed by atoms with Gasteiger partial charge in [-0.15, -0.1) is 0 Å². The van der Waals surface area contributed by atoms with Crippen LogP contribution in [0.4, 0.5) is 0 Å². The Morgan fingerprint density at radius 1 is 0.967 bits per heavy atom. The van der Waals surface area contributed by atoms with Crippen LogP contribution in [0.3, 0.4) is 0 Å². The molecule has 2 nitrogen and oxygen atoms in total. The summed E-state index contributed by atoms with van der Waals surface area (Å²) in [5.74, 6) is 3.82. The van der Waals surface area contributed by atoms with Gasteiger partial charge in [0, 0.05) is 28.2 Å². The van der Waals surface area contributed by atoms with Gasteiger partial charge in [0.2, 0.25) is 0 Å². The van der Waals surface area contributed by atoms with E-state index in [-0.39, 0.29) is 0 Å². The van der Waals surface area contributed by atoms with E-state index in [0.717, 1.165) is 51.2 Å². The van der Waals surface area contributed by atoms with Gasteiger partial charge >= 0.3 is 0 Å². The summed E-state index contributed by atoms with van der Waals surface area (Å²) in [6, 6.07) is 14.3. The second-order valence-electron chi connectivity index (χ2n) is 10.1. The molecule has 4 fully saturated rings. The van der Waals surface area contributed by atoms with Crippen molar-refractivity contribution in [3.63, 3.8) is 0 Å². The number of rotatable bonds is 7. The molecular weight excluding hydrogens is 413 g/mol. The fraction of sp³-hybridized carbons (Fsp3) is 0.538. The molecule has 30 heavy (non-hydrogen) atoms. The minimum Gasteiger partial charge on any atom is -0.489 e. The van der Waals surface area contributed by atoms with Gasteiger partial charge in [-0.3, -0.25) is 0 Å². The van der Waals surface area contributed by atoms with Crippen molar-refractivity contribution in [3.05, 3.63) is 63.6 Å². The van der Waals surface area contributed by atoms with Crippen molar-refractivity contribution in [1.82, 2.24) is 5.32 Å². The van der Waals surface area contributed by atoms with Gasteiger partial charge in [-0.1, -0.05) is 35.3 Å². The maximum absolute atomic E-state index is 6.33. The highest BCUT2D eigenvalue weighted by Crippen LogP contribution is 2.61. The zero-order valence-corrected chi connectivity index (χ0v) is 19.2. The van der Waals surface area contributed by atoms with E-state index in [0.29, 0.717) is 18.1 Å². The maximum Gasteiger partial charge on any atom is 0.124 e. The first-order valence-electron chi connectivity index (χ1n) is 11.4. The molecule has 0 radical (unpaired) electrons. The minimum atomic E-state index is 0.495. The molecule has 160 valence electrons. The lowest BCUT2D eigenvalue weighted by molar-refractivity contribution is -0.0706. The Morgan fingerprint density at radius 2 is 1.63 bits per heavy atom. The van der Waals surface area contributed by atoms with Crippen molar-refractivity contribution < 1.29 is 4.74 Å². The minimum absolute atomic E-state index is 0.495. The fourth-order valence-electron chi connectivity index (χ4n) is 6.80. The highest BCUT2D eigenvalue weighted by molar-refractivity contribution is 6.30. The molecule has 1 unspecified atom stereocenters. The zero-order chi connectivity index (χ0) is 20.7. The molecular formula is C26H31Cl2NO. The molecule has 0 aliphatic heterocycles. The van der Waals surface area contributed by atoms with Crippen LogP contribution < -0.4 is 10.1 Å². The van der Waals surface area contributed by atoms with Gasteiger partial charge in [-0.2, -0.15) is 0 Å². The van der Waals surface area contributed by atoms with Crippen LogP contribution in [-0.2, 0) is 13.2 Å². The van der Waals surface area contributed by atoms with E-state index in [2.05, 4.69) is 12.2 Å². The third-order valence-corrected chi connectivity index (χ3v) is 8.38. The Morgan fingerprint density at radius 3 is 2.30 bits per heavy atom. The Hall–Kier alpha value is -1.22. The highest BCUT2D eigenvalue weighted by atomic mass is 35.5. The Labute approximate surface area is 190 Å². The summed E-state index contributed by atoms with van der Waals surface area (Å²) in [5, 5.41) is 5.36. The second kappa shape index (κ2) is 8.37. The Bertz CT molecular complexity index is 876. The third-order valence-electron chi connectivity index (χ3n) is 7.91. The SMILES string of the molecule is CC(NCc1cc(Cl)ccc1OCc1cccc(Cl)c1)C12CC3CC(CC(C3)C1)C2. The van der Waals surface area contributed by atoms with Crippen LogP contribution >= 0.6 is 23.2 Å². The lowest BCUT2D eigenvalue weighted by atomic mass is 9.48. The number of hydrogen-bond acceptors (Lipinski definition) is 2. The Balaban J connectivity index is 1.26. The van der Waals surface area contributed by atoms with E-state index < -0.39 is 0 Å². The molecule has 0 amide bonds. The van der Waals surface area contributed by atoms with Crippen LogP contribution in [0.1, 0.15) is 56.6 Å². The quantitative estimate of drug-likeness (QED) is 0.485. The summed E-state index contributed by atoms with van der Waals surface area (Å²) in [6.45, 7) is 3.69. The molecule has 0 aromatic heterocycles. The lowest BCUT2D eigenvalue weighted by Crippen LogP contribution is -2.54. The predicted octanol–water partition coefficient (Wildman–Crippen LogP) is 7.27. The second-order valence-corrected chi connectivity index (χ2v) is 10.9. The van der Waals surface area contributed by atoms with Gasteiger partial charge in [-0.05, 0) is 105 Å². The van der Waals surface area contributed by atoms with E-state index in [1.807, 2.05) is 42.5 Å². The molecule has 4 aliphatic carbocycles. The molecule has 4 aliphatic rings. The van der Waals surface area contributed by atoms with Crippen LogP contribution in [-0.4, -0.2) is 6.04 Å². The molecule has 2 aromatic rings. The van der Waals surface area contributed by atoms with E-state index in [4.69, 9.17) is 27.9 Å². The average molecular weight is 444 g/mol. The molecule has 6 rings (SSSR count). The monoisotopic (exact) mass is 443 g/mol. The lowest BCUT2D eigenvalue weighted by Gasteiger charge is -2.59. The van der Waals surface area contributed by atoms with Crippen molar-refractivity contribution in [2.24, 2.45) is 23.2 Å². The molecule has 1 atom stereocenters. The van der Waals surface area contributed by atoms with Crippen LogP contribution in [0.2, 0.25) is 10.0 Å². The fourth-order valence-corrected chi connectivity index (χ4v) is 7.21. The molecule has 0 heterocycles. The number of nitrogens with one attached hydrogen (secondary N) is 1. The van der Waals surface area contributed by atoms with Crippen LogP contribution in [0.15, 0.2) is 42.5 Å². The molecule has 1 N–H and O–H groups in total. The van der Waals surface area contributed by atoms with Crippen molar-refractivity contribution in [2.75, 3.05) is 0 Å². The van der Waals surface area contributed by atoms with E-state index in [1.165, 1.54) is 38.5 Å². The van der Waals surface area contributed by atoms with E-state index >= 15 is 0 Å². The summed E-state index contributed by atoms with van der Waals surface area (Å²) < 4.78 is 6.16. The number of benzene rings is 2. The largest absolute Gasteiger partial charge is 0.489 e. The predicted molar refractivity (Wildman–Crippen MR) is 124 cm³/mol. The molecule has 0 saturated heterocycles. The van der Waals surface area contributed by atoms with E-state index in [9.17, 15) is 0 Å². The third kappa shape index (κ3) is 4.24. The Kier molecular flexibility index (Phi) is 5.77. The van der Waals surface area contributed by atoms with Gasteiger partial charge in [0.1, 0.15) is 12.4 Å². The summed E-state index contributed by atoms with van der Waals surface area (Å²) >= 11 is 12.4. The van der Waals surface area contributed by atoms with Crippen molar-refractivity contribution in [1.29, 1.82) is 0 Å². The standard InChI is InChI=1S/C26H31Cl2NO/c1-17(26-12-19-7-20(13-26)9-21(8-19)14-26)29-15-22-11-24(28)5-6-25(22)30-16-18-3-2-4-23(27)10-18/h2-6,10-11,17,19-21,29H,7-9,12-16H2,1H3. The van der Waals surface area contributed by atoms with Crippen molar-refractivity contribution >= 4 is 23.2 Å².